The average molecular weight is 422 g/mol. The molecule has 2 aromatic rings. The third kappa shape index (κ3) is 3.57. The van der Waals surface area contributed by atoms with Gasteiger partial charge in [-0.15, -0.1) is 4.28 Å². The zero-order valence-electron chi connectivity index (χ0n) is 15.3. The Balaban J connectivity index is 1.68. The van der Waals surface area contributed by atoms with E-state index in [1.807, 2.05) is 30.3 Å². The van der Waals surface area contributed by atoms with E-state index in [9.17, 15) is 18.0 Å². The highest BCUT2D eigenvalue weighted by Crippen LogP contribution is 2.44. The van der Waals surface area contributed by atoms with Crippen molar-refractivity contribution in [2.75, 3.05) is 13.7 Å². The molecule has 0 aliphatic carbocycles. The molecule has 2 amide bonds. The number of fused-ring (bicyclic) bond motifs is 4. The minimum absolute atomic E-state index is 0.00843. The number of benzene rings is 1. The second kappa shape index (κ2) is 7.13. The fourth-order valence-electron chi connectivity index (χ4n) is 3.65. The van der Waals surface area contributed by atoms with Crippen LogP contribution in [0.15, 0.2) is 36.5 Å². The van der Waals surface area contributed by atoms with Gasteiger partial charge >= 0.3 is 22.4 Å². The van der Waals surface area contributed by atoms with Crippen LogP contribution in [0.25, 0.3) is 0 Å². The largest absolute Gasteiger partial charge is 0.467 e. The summed E-state index contributed by atoms with van der Waals surface area (Å²) in [6.07, 6.45) is 2.33. The molecule has 1 aromatic carbocycles. The van der Waals surface area contributed by atoms with Gasteiger partial charge in [-0.1, -0.05) is 30.3 Å². The van der Waals surface area contributed by atoms with Gasteiger partial charge in [-0.3, -0.25) is 9.23 Å². The molecule has 2 bridgehead atoms. The van der Waals surface area contributed by atoms with E-state index in [2.05, 4.69) is 9.38 Å². The fraction of sp³-hybridized carbons (Fsp3) is 0.353. The number of carbonyl (C=O) groups is 2. The van der Waals surface area contributed by atoms with Crippen molar-refractivity contribution in [2.24, 2.45) is 0 Å². The number of amides is 2. The number of hydrogen-bond donors (Lipinski definition) is 1. The number of urea groups is 1. The van der Waals surface area contributed by atoms with Gasteiger partial charge in [0, 0.05) is 18.3 Å². The normalized spacial score (nSPS) is 20.7. The van der Waals surface area contributed by atoms with Crippen LogP contribution in [0, 0.1) is 0 Å². The van der Waals surface area contributed by atoms with Gasteiger partial charge in [0.25, 0.3) is 0 Å². The van der Waals surface area contributed by atoms with Gasteiger partial charge in [-0.05, 0) is 12.0 Å². The van der Waals surface area contributed by atoms with Crippen molar-refractivity contribution in [3.8, 4) is 0 Å². The summed E-state index contributed by atoms with van der Waals surface area (Å²) < 4.78 is 42.3. The second-order valence-electron chi connectivity index (χ2n) is 6.67. The first-order valence-electron chi connectivity index (χ1n) is 8.74. The van der Waals surface area contributed by atoms with Crippen LogP contribution in [-0.2, 0) is 37.2 Å². The Hall–Kier alpha value is -2.96. The third-order valence-electron chi connectivity index (χ3n) is 4.91. The molecule has 0 saturated carbocycles. The van der Waals surface area contributed by atoms with E-state index in [4.69, 9.17) is 9.29 Å². The Bertz CT molecular complexity index is 1050. The highest BCUT2D eigenvalue weighted by atomic mass is 32.3. The standard InChI is InChI=1S/C17H18N4O7S/c1-27-16(22)15-14-12(9-19(18-14)8-7-11-5-3-2-4-6-11)13-10-20(15)17(23)21(13)28-29(24,25)26/h2-6,9,13,15H,7-8,10H2,1H3,(H,24,25,26)/t13-,15+/m1/s1. The first-order chi connectivity index (χ1) is 13.8. The smallest absolute Gasteiger partial charge is 0.418 e. The molecule has 3 heterocycles. The molecule has 1 fully saturated rings. The molecule has 1 N–H and O–H groups in total. The number of esters is 1. The number of carbonyl (C=O) groups excluding carboxylic acids is 2. The zero-order chi connectivity index (χ0) is 20.8. The van der Waals surface area contributed by atoms with Crippen LogP contribution in [0.4, 0.5) is 4.79 Å². The first kappa shape index (κ1) is 19.4. The number of methoxy groups -OCH3 is 1. The maximum Gasteiger partial charge on any atom is 0.418 e. The van der Waals surface area contributed by atoms with Crippen molar-refractivity contribution in [3.63, 3.8) is 0 Å². The summed E-state index contributed by atoms with van der Waals surface area (Å²) in [5, 5.41) is 4.99. The summed E-state index contributed by atoms with van der Waals surface area (Å²) >= 11 is 0. The highest BCUT2D eigenvalue weighted by molar-refractivity contribution is 7.80. The summed E-state index contributed by atoms with van der Waals surface area (Å²) in [4.78, 5) is 26.0. The second-order valence-corrected chi connectivity index (χ2v) is 7.68. The van der Waals surface area contributed by atoms with E-state index in [1.165, 1.54) is 7.11 Å². The molecule has 2 aliphatic heterocycles. The molecule has 1 aromatic heterocycles. The Labute approximate surface area is 166 Å². The van der Waals surface area contributed by atoms with Crippen molar-refractivity contribution in [3.05, 3.63) is 53.3 Å². The van der Waals surface area contributed by atoms with Gasteiger partial charge in [-0.2, -0.15) is 18.6 Å². The monoisotopic (exact) mass is 422 g/mol. The Morgan fingerprint density at radius 1 is 1.31 bits per heavy atom. The van der Waals surface area contributed by atoms with Gasteiger partial charge in [0.05, 0.1) is 13.7 Å². The molecular weight excluding hydrogens is 404 g/mol. The summed E-state index contributed by atoms with van der Waals surface area (Å²) in [6, 6.07) is 6.89. The lowest BCUT2D eigenvalue weighted by molar-refractivity contribution is -0.146. The SMILES string of the molecule is COC(=O)[C@@H]1c2nn(CCc3ccccc3)cc2[C@H]2CN1C(=O)N2OS(=O)(=O)O. The average Bonchev–Trinajstić information content (AvgIpc) is 3.22. The predicted molar refractivity (Wildman–Crippen MR) is 96.4 cm³/mol. The van der Waals surface area contributed by atoms with Crippen LogP contribution in [0.1, 0.15) is 28.9 Å². The first-order valence-corrected chi connectivity index (χ1v) is 10.1. The van der Waals surface area contributed by atoms with Gasteiger partial charge in [0.15, 0.2) is 6.04 Å². The molecule has 154 valence electrons. The van der Waals surface area contributed by atoms with Crippen molar-refractivity contribution >= 4 is 22.4 Å². The summed E-state index contributed by atoms with van der Waals surface area (Å²) in [6.45, 7) is 0.496. The lowest BCUT2D eigenvalue weighted by Gasteiger charge is -2.27. The maximum atomic E-state index is 12.6. The summed E-state index contributed by atoms with van der Waals surface area (Å²) in [7, 11) is -3.74. The van der Waals surface area contributed by atoms with Crippen molar-refractivity contribution < 1.29 is 31.6 Å². The van der Waals surface area contributed by atoms with E-state index in [1.54, 1.807) is 10.9 Å². The van der Waals surface area contributed by atoms with Gasteiger partial charge in [-0.25, -0.2) is 9.59 Å². The number of aryl methyl sites for hydroxylation is 2. The van der Waals surface area contributed by atoms with E-state index < -0.39 is 34.5 Å². The van der Waals surface area contributed by atoms with Gasteiger partial charge in [0.2, 0.25) is 0 Å². The highest BCUT2D eigenvalue weighted by Gasteiger charge is 2.54. The lowest BCUT2D eigenvalue weighted by atomic mass is 9.98. The van der Waals surface area contributed by atoms with Crippen LogP contribution in [0.2, 0.25) is 0 Å². The van der Waals surface area contributed by atoms with Crippen LogP contribution in [-0.4, -0.2) is 58.4 Å². The lowest BCUT2D eigenvalue weighted by Crippen LogP contribution is -2.39. The molecule has 2 atom stereocenters. The Morgan fingerprint density at radius 2 is 2.03 bits per heavy atom. The molecule has 0 spiro atoms. The summed E-state index contributed by atoms with van der Waals surface area (Å²) in [5.74, 6) is -0.708. The predicted octanol–water partition coefficient (Wildman–Crippen LogP) is 0.867. The van der Waals surface area contributed by atoms with E-state index in [0.717, 1.165) is 10.5 Å². The Morgan fingerprint density at radius 3 is 2.69 bits per heavy atom. The van der Waals surface area contributed by atoms with Crippen molar-refractivity contribution in [1.29, 1.82) is 0 Å². The quantitative estimate of drug-likeness (QED) is 0.536. The third-order valence-corrected chi connectivity index (χ3v) is 5.26. The minimum Gasteiger partial charge on any atom is -0.467 e. The van der Waals surface area contributed by atoms with Gasteiger partial charge in [0.1, 0.15) is 11.7 Å². The molecular formula is C17H18N4O7S. The Kier molecular flexibility index (Phi) is 4.76. The zero-order valence-corrected chi connectivity index (χ0v) is 16.2. The molecule has 2 aliphatic rings. The number of aromatic nitrogens is 2. The number of rotatable bonds is 6. The van der Waals surface area contributed by atoms with Crippen LogP contribution in [0.5, 0.6) is 0 Å². The maximum absolute atomic E-state index is 12.6. The molecule has 12 heteroatoms. The van der Waals surface area contributed by atoms with Crippen LogP contribution < -0.4 is 0 Å². The molecule has 4 rings (SSSR count). The topological polar surface area (TPSA) is 131 Å². The number of nitrogens with zero attached hydrogens (tertiary/aromatic N) is 4. The molecule has 0 radical (unpaired) electrons. The van der Waals surface area contributed by atoms with E-state index in [-0.39, 0.29) is 12.2 Å². The van der Waals surface area contributed by atoms with Crippen LogP contribution in [0.3, 0.4) is 0 Å². The van der Waals surface area contributed by atoms with Gasteiger partial charge < -0.3 is 9.64 Å². The summed E-state index contributed by atoms with van der Waals surface area (Å²) in [5.41, 5.74) is 1.84. The number of hydrogen-bond acceptors (Lipinski definition) is 7. The molecule has 0 unspecified atom stereocenters. The minimum atomic E-state index is -4.93. The molecule has 1 saturated heterocycles. The number of ether oxygens (including phenoxy) is 1. The molecule has 11 nitrogen and oxygen atoms in total. The number of hydroxylamine groups is 2. The van der Waals surface area contributed by atoms with E-state index >= 15 is 0 Å². The van der Waals surface area contributed by atoms with Crippen LogP contribution >= 0.6 is 0 Å². The fourth-order valence-corrected chi connectivity index (χ4v) is 4.02. The molecule has 29 heavy (non-hydrogen) atoms. The van der Waals surface area contributed by atoms with E-state index in [0.29, 0.717) is 23.6 Å². The van der Waals surface area contributed by atoms with Crippen molar-refractivity contribution in [2.45, 2.75) is 25.0 Å². The van der Waals surface area contributed by atoms with Crippen molar-refractivity contribution in [1.82, 2.24) is 19.7 Å².